The highest BCUT2D eigenvalue weighted by Gasteiger charge is 2.22. The molecular weight excluding hydrogens is 438 g/mol. The lowest BCUT2D eigenvalue weighted by Gasteiger charge is -2.17. The number of sulfone groups is 1. The first-order chi connectivity index (χ1) is 14.0. The Balaban J connectivity index is 2.20. The van der Waals surface area contributed by atoms with Gasteiger partial charge in [-0.1, -0.05) is 30.7 Å². The maximum absolute atomic E-state index is 14.5. The number of hydrogen-bond donors (Lipinski definition) is 1. The Bertz CT molecular complexity index is 1270. The predicted octanol–water partition coefficient (Wildman–Crippen LogP) is 5.29. The fraction of sp³-hybridized carbons (Fsp3) is 0.190. The van der Waals surface area contributed by atoms with E-state index in [4.69, 9.17) is 16.3 Å². The standard InChI is InChI=1S/C21H17ClF2O5S/c1-3-30(27,28)19-9-16(22)18(10-17(19)24)29-21-11(2)13(7-20(25)26)6-12-4-5-14(23)8-15(12)21/h4-6,8-10H,3,7H2,1-2H3,(H,25,26). The van der Waals surface area contributed by atoms with Crippen molar-refractivity contribution in [1.29, 1.82) is 0 Å². The van der Waals surface area contributed by atoms with Crippen LogP contribution in [-0.4, -0.2) is 25.2 Å². The molecule has 0 aliphatic heterocycles. The van der Waals surface area contributed by atoms with Gasteiger partial charge < -0.3 is 9.84 Å². The molecule has 0 unspecified atom stereocenters. The molecule has 30 heavy (non-hydrogen) atoms. The molecule has 0 spiro atoms. The van der Waals surface area contributed by atoms with E-state index in [1.54, 1.807) is 13.0 Å². The Morgan fingerprint density at radius 1 is 1.17 bits per heavy atom. The van der Waals surface area contributed by atoms with Gasteiger partial charge in [0, 0.05) is 11.5 Å². The number of ether oxygens (including phenoxy) is 1. The number of carboxylic acid groups (broad SMARTS) is 1. The molecule has 0 amide bonds. The molecule has 0 heterocycles. The predicted molar refractivity (Wildman–Crippen MR) is 109 cm³/mol. The second-order valence-electron chi connectivity index (χ2n) is 6.64. The summed E-state index contributed by atoms with van der Waals surface area (Å²) in [6, 6.07) is 7.33. The van der Waals surface area contributed by atoms with Crippen LogP contribution in [0.5, 0.6) is 11.5 Å². The number of carboxylic acids is 1. The first kappa shape index (κ1) is 22.0. The van der Waals surface area contributed by atoms with Gasteiger partial charge in [0.1, 0.15) is 28.0 Å². The maximum atomic E-state index is 14.5. The molecular formula is C21H17ClF2O5S. The quantitative estimate of drug-likeness (QED) is 0.547. The molecule has 0 saturated heterocycles. The summed E-state index contributed by atoms with van der Waals surface area (Å²) in [5.74, 6) is -3.02. The van der Waals surface area contributed by atoms with Gasteiger partial charge in [-0.15, -0.1) is 0 Å². The first-order valence-electron chi connectivity index (χ1n) is 8.86. The van der Waals surface area contributed by atoms with E-state index in [9.17, 15) is 27.1 Å². The molecule has 0 radical (unpaired) electrons. The van der Waals surface area contributed by atoms with Gasteiger partial charge in [-0.3, -0.25) is 4.79 Å². The Kier molecular flexibility index (Phi) is 6.01. The zero-order chi connectivity index (χ0) is 22.2. The van der Waals surface area contributed by atoms with Crippen molar-refractivity contribution in [2.45, 2.75) is 25.2 Å². The van der Waals surface area contributed by atoms with E-state index in [1.165, 1.54) is 25.1 Å². The molecule has 5 nitrogen and oxygen atoms in total. The third-order valence-electron chi connectivity index (χ3n) is 4.67. The summed E-state index contributed by atoms with van der Waals surface area (Å²) in [6.45, 7) is 2.98. The summed E-state index contributed by atoms with van der Waals surface area (Å²) < 4.78 is 58.2. The fourth-order valence-corrected chi connectivity index (χ4v) is 4.30. The first-order valence-corrected chi connectivity index (χ1v) is 10.9. The minimum absolute atomic E-state index is 0.107. The normalized spacial score (nSPS) is 11.6. The molecule has 1 N–H and O–H groups in total. The van der Waals surface area contributed by atoms with Crippen molar-refractivity contribution in [3.8, 4) is 11.5 Å². The van der Waals surface area contributed by atoms with Crippen LogP contribution in [0.1, 0.15) is 18.1 Å². The van der Waals surface area contributed by atoms with Crippen LogP contribution < -0.4 is 4.74 Å². The Labute approximate surface area is 176 Å². The monoisotopic (exact) mass is 454 g/mol. The van der Waals surface area contributed by atoms with Crippen molar-refractivity contribution in [3.05, 3.63) is 64.2 Å². The number of carbonyl (C=O) groups is 1. The number of hydrogen-bond acceptors (Lipinski definition) is 4. The molecule has 0 aliphatic rings. The minimum atomic E-state index is -3.84. The third-order valence-corrected chi connectivity index (χ3v) is 6.71. The van der Waals surface area contributed by atoms with Gasteiger partial charge in [-0.05, 0) is 41.6 Å². The summed E-state index contributed by atoms with van der Waals surface area (Å²) >= 11 is 6.15. The lowest BCUT2D eigenvalue weighted by Crippen LogP contribution is -2.07. The van der Waals surface area contributed by atoms with Crippen molar-refractivity contribution in [2.24, 2.45) is 0 Å². The summed E-state index contributed by atoms with van der Waals surface area (Å²) in [6.07, 6.45) is -0.300. The zero-order valence-electron chi connectivity index (χ0n) is 16.0. The lowest BCUT2D eigenvalue weighted by atomic mass is 9.98. The molecule has 3 aromatic carbocycles. The van der Waals surface area contributed by atoms with Crippen LogP contribution in [0.4, 0.5) is 8.78 Å². The highest BCUT2D eigenvalue weighted by molar-refractivity contribution is 7.91. The average Bonchev–Trinajstić information content (AvgIpc) is 2.67. The van der Waals surface area contributed by atoms with E-state index in [-0.39, 0.29) is 28.7 Å². The van der Waals surface area contributed by atoms with Crippen molar-refractivity contribution in [2.75, 3.05) is 5.75 Å². The van der Waals surface area contributed by atoms with Crippen LogP contribution in [-0.2, 0) is 21.1 Å². The summed E-state index contributed by atoms with van der Waals surface area (Å²) in [5.41, 5.74) is 0.843. The minimum Gasteiger partial charge on any atom is -0.481 e. The van der Waals surface area contributed by atoms with Gasteiger partial charge >= 0.3 is 5.97 Å². The molecule has 3 rings (SSSR count). The van der Waals surface area contributed by atoms with Crippen LogP contribution >= 0.6 is 11.6 Å². The van der Waals surface area contributed by atoms with Crippen molar-refractivity contribution in [3.63, 3.8) is 0 Å². The highest BCUT2D eigenvalue weighted by atomic mass is 35.5. The number of fused-ring (bicyclic) bond motifs is 1. The van der Waals surface area contributed by atoms with Gasteiger partial charge in [-0.2, -0.15) is 0 Å². The Hall–Kier alpha value is -2.71. The van der Waals surface area contributed by atoms with Crippen LogP contribution in [0.3, 0.4) is 0 Å². The van der Waals surface area contributed by atoms with Crippen LogP contribution in [0.25, 0.3) is 10.8 Å². The molecule has 0 atom stereocenters. The van der Waals surface area contributed by atoms with E-state index in [0.717, 1.165) is 12.1 Å². The van der Waals surface area contributed by atoms with Gasteiger partial charge in [-0.25, -0.2) is 17.2 Å². The number of halogens is 3. The topological polar surface area (TPSA) is 80.7 Å². The second kappa shape index (κ2) is 8.20. The highest BCUT2D eigenvalue weighted by Crippen LogP contribution is 2.40. The molecule has 0 aliphatic carbocycles. The SMILES string of the molecule is CCS(=O)(=O)c1cc(Cl)c(Oc2c(C)c(CC(=O)O)cc3ccc(F)cc23)cc1F. The van der Waals surface area contributed by atoms with Crippen molar-refractivity contribution in [1.82, 2.24) is 0 Å². The van der Waals surface area contributed by atoms with E-state index in [1.807, 2.05) is 0 Å². The zero-order valence-corrected chi connectivity index (χ0v) is 17.6. The number of aliphatic carboxylic acids is 1. The molecule has 0 bridgehead atoms. The molecule has 0 saturated carbocycles. The lowest BCUT2D eigenvalue weighted by molar-refractivity contribution is -0.136. The summed E-state index contributed by atoms with van der Waals surface area (Å²) in [4.78, 5) is 10.7. The number of rotatable bonds is 6. The van der Waals surface area contributed by atoms with Crippen molar-refractivity contribution < 1.29 is 31.8 Å². The summed E-state index contributed by atoms with van der Waals surface area (Å²) in [7, 11) is -3.84. The van der Waals surface area contributed by atoms with E-state index in [0.29, 0.717) is 21.9 Å². The average molecular weight is 455 g/mol. The third kappa shape index (κ3) is 4.24. The van der Waals surface area contributed by atoms with Crippen LogP contribution in [0.15, 0.2) is 41.3 Å². The summed E-state index contributed by atoms with van der Waals surface area (Å²) in [5, 5.41) is 9.87. The Morgan fingerprint density at radius 3 is 2.50 bits per heavy atom. The van der Waals surface area contributed by atoms with Gasteiger partial charge in [0.2, 0.25) is 0 Å². The Morgan fingerprint density at radius 2 is 1.87 bits per heavy atom. The molecule has 0 fully saturated rings. The fourth-order valence-electron chi connectivity index (χ4n) is 3.07. The number of benzene rings is 3. The van der Waals surface area contributed by atoms with E-state index < -0.39 is 32.3 Å². The van der Waals surface area contributed by atoms with Crippen molar-refractivity contribution >= 4 is 38.2 Å². The van der Waals surface area contributed by atoms with Crippen LogP contribution in [0.2, 0.25) is 5.02 Å². The van der Waals surface area contributed by atoms with Crippen LogP contribution in [0, 0.1) is 18.6 Å². The molecule has 158 valence electrons. The molecule has 0 aromatic heterocycles. The van der Waals surface area contributed by atoms with E-state index in [2.05, 4.69) is 0 Å². The van der Waals surface area contributed by atoms with Gasteiger partial charge in [0.25, 0.3) is 0 Å². The van der Waals surface area contributed by atoms with Gasteiger partial charge in [0.15, 0.2) is 9.84 Å². The second-order valence-corrected chi connectivity index (χ2v) is 9.30. The maximum Gasteiger partial charge on any atom is 0.307 e. The molecule has 3 aromatic rings. The molecule has 9 heteroatoms. The van der Waals surface area contributed by atoms with Gasteiger partial charge in [0.05, 0.1) is 17.2 Å². The smallest absolute Gasteiger partial charge is 0.307 e. The van der Waals surface area contributed by atoms with E-state index >= 15 is 0 Å². The largest absolute Gasteiger partial charge is 0.481 e.